The van der Waals surface area contributed by atoms with E-state index in [0.717, 1.165) is 48.3 Å². The lowest BCUT2D eigenvalue weighted by atomic mass is 10.0. The lowest BCUT2D eigenvalue weighted by Crippen LogP contribution is -2.32. The van der Waals surface area contributed by atoms with Gasteiger partial charge in [-0.05, 0) is 61.1 Å². The number of aliphatic hydroxyl groups excluding tert-OH is 2. The molecule has 0 spiro atoms. The molecule has 0 radical (unpaired) electrons. The van der Waals surface area contributed by atoms with Crippen molar-refractivity contribution < 1.29 is 38.6 Å². The molecular formula is C58H90O8. The number of hydrogen-bond acceptors (Lipinski definition) is 8. The topological polar surface area (TPSA) is 95.8 Å². The van der Waals surface area contributed by atoms with Crippen LogP contribution in [0.25, 0.3) is 0 Å². The number of rotatable bonds is 44. The van der Waals surface area contributed by atoms with Crippen molar-refractivity contribution in [1.82, 2.24) is 0 Å². The van der Waals surface area contributed by atoms with Gasteiger partial charge in [0.05, 0.1) is 25.4 Å². The molecule has 3 aromatic rings. The number of ether oxygens (including phenoxy) is 6. The van der Waals surface area contributed by atoms with Crippen molar-refractivity contribution in [2.45, 2.75) is 192 Å². The lowest BCUT2D eigenvalue weighted by Gasteiger charge is -2.23. The van der Waals surface area contributed by atoms with Crippen molar-refractivity contribution in [3.05, 3.63) is 109 Å². The van der Waals surface area contributed by atoms with Crippen LogP contribution in [0.15, 0.2) is 98.1 Å². The van der Waals surface area contributed by atoms with Gasteiger partial charge in [-0.2, -0.15) is 0 Å². The van der Waals surface area contributed by atoms with Gasteiger partial charge in [0.15, 0.2) is 0 Å². The van der Waals surface area contributed by atoms with Crippen LogP contribution >= 0.6 is 0 Å². The van der Waals surface area contributed by atoms with Gasteiger partial charge in [-0.1, -0.05) is 197 Å². The molecular weight excluding hydrogens is 825 g/mol. The Morgan fingerprint density at radius 3 is 1.15 bits per heavy atom. The van der Waals surface area contributed by atoms with Gasteiger partial charge in [0.25, 0.3) is 0 Å². The molecule has 0 saturated carbocycles. The van der Waals surface area contributed by atoms with Crippen LogP contribution < -0.4 is 18.9 Å². The van der Waals surface area contributed by atoms with E-state index in [1.165, 1.54) is 103 Å². The first-order valence-corrected chi connectivity index (χ1v) is 26.0. The molecule has 0 saturated heterocycles. The van der Waals surface area contributed by atoms with Gasteiger partial charge in [0.1, 0.15) is 61.6 Å². The molecule has 0 fully saturated rings. The zero-order chi connectivity index (χ0) is 47.1. The Balaban J connectivity index is 1.54. The van der Waals surface area contributed by atoms with E-state index in [4.69, 9.17) is 28.4 Å². The summed E-state index contributed by atoms with van der Waals surface area (Å²) in [7, 11) is 0. The molecule has 0 aliphatic rings. The van der Waals surface area contributed by atoms with Crippen LogP contribution in [0.5, 0.6) is 23.0 Å². The second-order valence-electron chi connectivity index (χ2n) is 18.1. The molecule has 66 heavy (non-hydrogen) atoms. The van der Waals surface area contributed by atoms with E-state index in [1.807, 2.05) is 84.9 Å². The van der Waals surface area contributed by atoms with Crippen LogP contribution in [-0.4, -0.2) is 74.3 Å². The average molecular weight is 915 g/mol. The minimum Gasteiger partial charge on any atom is -0.491 e. The highest BCUT2D eigenvalue weighted by Crippen LogP contribution is 2.24. The minimum atomic E-state index is -0.554. The summed E-state index contributed by atoms with van der Waals surface area (Å²) < 4.78 is 37.8. The number of benzene rings is 3. The van der Waals surface area contributed by atoms with Crippen molar-refractivity contribution >= 4 is 0 Å². The molecule has 2 N–H and O–H groups in total. The van der Waals surface area contributed by atoms with Crippen molar-refractivity contribution in [2.75, 3.05) is 39.6 Å². The van der Waals surface area contributed by atoms with Crippen molar-refractivity contribution in [3.63, 3.8) is 0 Å². The minimum absolute atomic E-state index is 0.210. The summed E-state index contributed by atoms with van der Waals surface area (Å²) in [6.45, 7) is 13.7. The molecule has 8 heteroatoms. The zero-order valence-electron chi connectivity index (χ0n) is 41.4. The number of para-hydroxylation sites is 2. The lowest BCUT2D eigenvalue weighted by molar-refractivity contribution is -0.0476. The quantitative estimate of drug-likeness (QED) is 0.0428. The van der Waals surface area contributed by atoms with Crippen molar-refractivity contribution in [3.8, 4) is 23.0 Å². The number of unbranched alkanes of at least 4 members (excludes halogenated alkanes) is 18. The summed E-state index contributed by atoms with van der Waals surface area (Å²) in [6.07, 6.45) is 29.7. The van der Waals surface area contributed by atoms with E-state index < -0.39 is 24.4 Å². The number of aliphatic hydroxyl groups is 2. The van der Waals surface area contributed by atoms with Crippen molar-refractivity contribution in [2.24, 2.45) is 0 Å². The first-order chi connectivity index (χ1) is 32.4. The van der Waals surface area contributed by atoms with Crippen LogP contribution in [0.2, 0.25) is 0 Å². The summed E-state index contributed by atoms with van der Waals surface area (Å²) in [5, 5.41) is 21.8. The highest BCUT2D eigenvalue weighted by molar-refractivity contribution is 5.36. The second-order valence-corrected chi connectivity index (χ2v) is 18.1. The second kappa shape index (κ2) is 38.2. The van der Waals surface area contributed by atoms with Crippen LogP contribution in [0.4, 0.5) is 0 Å². The summed E-state index contributed by atoms with van der Waals surface area (Å²) in [6, 6.07) is 23.4. The van der Waals surface area contributed by atoms with Crippen molar-refractivity contribution in [1.29, 1.82) is 0 Å². The highest BCUT2D eigenvalue weighted by Gasteiger charge is 2.18. The van der Waals surface area contributed by atoms with Gasteiger partial charge in [0, 0.05) is 6.07 Å². The first kappa shape index (κ1) is 56.5. The molecule has 0 heterocycles. The van der Waals surface area contributed by atoms with E-state index in [2.05, 4.69) is 27.0 Å². The largest absolute Gasteiger partial charge is 0.491 e. The maximum atomic E-state index is 10.9. The van der Waals surface area contributed by atoms with E-state index in [0.29, 0.717) is 37.2 Å². The molecule has 0 aromatic heterocycles. The smallest absolute Gasteiger partial charge is 0.125 e. The van der Waals surface area contributed by atoms with Crippen LogP contribution in [-0.2, 0) is 22.3 Å². The SMILES string of the molecule is C=CCc1ccccc1OCC(COc1cccc(OCC(COc2ccccc2CC=C)OCC(O)CCCCCCCCCCCC)c1)OCC(O)CCCCCCCCCCCC. The highest BCUT2D eigenvalue weighted by atomic mass is 16.6. The predicted octanol–water partition coefficient (Wildman–Crippen LogP) is 14.2. The maximum absolute atomic E-state index is 10.9. The molecule has 4 unspecified atom stereocenters. The normalized spacial score (nSPS) is 13.2. The Kier molecular flexibility index (Phi) is 32.7. The molecule has 0 aliphatic carbocycles. The summed E-state index contributed by atoms with van der Waals surface area (Å²) in [5.74, 6) is 2.81. The van der Waals surface area contributed by atoms with Gasteiger partial charge in [-0.25, -0.2) is 0 Å². The van der Waals surface area contributed by atoms with Crippen LogP contribution in [0.1, 0.15) is 166 Å². The molecule has 0 amide bonds. The third kappa shape index (κ3) is 27.1. The van der Waals surface area contributed by atoms with Gasteiger partial charge in [0.2, 0.25) is 0 Å². The van der Waals surface area contributed by atoms with Crippen LogP contribution in [0.3, 0.4) is 0 Å². The maximum Gasteiger partial charge on any atom is 0.125 e. The Labute approximate surface area is 401 Å². The molecule has 3 rings (SSSR count). The molecule has 0 aliphatic heterocycles. The van der Waals surface area contributed by atoms with Crippen LogP contribution in [0, 0.1) is 0 Å². The summed E-state index contributed by atoms with van der Waals surface area (Å²) in [5.41, 5.74) is 2.10. The fraction of sp³-hybridized carbons (Fsp3) is 0.621. The summed E-state index contributed by atoms with van der Waals surface area (Å²) >= 11 is 0. The molecule has 0 bridgehead atoms. The van der Waals surface area contributed by atoms with E-state index in [1.54, 1.807) is 0 Å². The predicted molar refractivity (Wildman–Crippen MR) is 274 cm³/mol. The molecule has 8 nitrogen and oxygen atoms in total. The van der Waals surface area contributed by atoms with Gasteiger partial charge >= 0.3 is 0 Å². The fourth-order valence-corrected chi connectivity index (χ4v) is 8.02. The molecule has 4 atom stereocenters. The fourth-order valence-electron chi connectivity index (χ4n) is 8.02. The number of allylic oxidation sites excluding steroid dienone is 2. The zero-order valence-corrected chi connectivity index (χ0v) is 41.4. The van der Waals surface area contributed by atoms with E-state index in [-0.39, 0.29) is 39.6 Å². The average Bonchev–Trinajstić information content (AvgIpc) is 3.33. The van der Waals surface area contributed by atoms with Gasteiger partial charge in [-0.15, -0.1) is 13.2 Å². The summed E-state index contributed by atoms with van der Waals surface area (Å²) in [4.78, 5) is 0. The van der Waals surface area contributed by atoms with Gasteiger partial charge < -0.3 is 38.6 Å². The Bertz CT molecular complexity index is 1510. The Hall–Kier alpha value is -3.82. The Morgan fingerprint density at radius 1 is 0.424 bits per heavy atom. The Morgan fingerprint density at radius 2 is 0.773 bits per heavy atom. The van der Waals surface area contributed by atoms with Gasteiger partial charge in [-0.3, -0.25) is 0 Å². The number of hydrogen-bond donors (Lipinski definition) is 2. The third-order valence-corrected chi connectivity index (χ3v) is 12.0. The third-order valence-electron chi connectivity index (χ3n) is 12.0. The standard InChI is InChI=1S/C58H90O8/c1-5-9-11-13-15-17-19-21-23-25-36-51(59)43-61-55(47-65-57-40-29-27-34-49(57)32-7-3)45-63-53-38-31-39-54(42-53)64-46-56(48-66-58-41-30-28-35-50(58)33-8-4)62-44-52(60)37-26-24-22-20-18-16-14-12-10-6-2/h7-8,27-31,34-35,38-42,51-52,55-56,59-60H,3-6,9-26,32-33,36-37,43-48H2,1-2H3. The first-order valence-electron chi connectivity index (χ1n) is 26.0. The van der Waals surface area contributed by atoms with E-state index in [9.17, 15) is 10.2 Å². The molecule has 370 valence electrons. The van der Waals surface area contributed by atoms with E-state index >= 15 is 0 Å². The molecule has 3 aromatic carbocycles. The monoisotopic (exact) mass is 915 g/mol.